The van der Waals surface area contributed by atoms with Gasteiger partial charge in [-0.15, -0.1) is 0 Å². The zero-order chi connectivity index (χ0) is 12.3. The third kappa shape index (κ3) is 3.46. The Morgan fingerprint density at radius 3 is 2.59 bits per heavy atom. The van der Waals surface area contributed by atoms with Crippen LogP contribution in [0.15, 0.2) is 24.3 Å². The number of hydrogen-bond donors (Lipinski definition) is 2. The summed E-state index contributed by atoms with van der Waals surface area (Å²) in [7, 11) is 2.14. The number of nitrogens with zero attached hydrogens (tertiary/aromatic N) is 1. The molecule has 4 heteroatoms. The van der Waals surface area contributed by atoms with Crippen molar-refractivity contribution < 1.29 is 4.74 Å². The van der Waals surface area contributed by atoms with E-state index in [-0.39, 0.29) is 5.84 Å². The van der Waals surface area contributed by atoms with Gasteiger partial charge in [0.25, 0.3) is 0 Å². The van der Waals surface area contributed by atoms with Crippen molar-refractivity contribution in [1.29, 1.82) is 5.41 Å². The highest BCUT2D eigenvalue weighted by Crippen LogP contribution is 2.24. The molecule has 0 saturated heterocycles. The molecular formula is C13H19N3O. The average Bonchev–Trinajstić information content (AvgIpc) is 3.13. The van der Waals surface area contributed by atoms with E-state index in [9.17, 15) is 0 Å². The fourth-order valence-corrected chi connectivity index (χ4v) is 1.74. The van der Waals surface area contributed by atoms with Crippen LogP contribution in [0.25, 0.3) is 0 Å². The van der Waals surface area contributed by atoms with E-state index in [1.807, 2.05) is 24.3 Å². The van der Waals surface area contributed by atoms with Crippen LogP contribution < -0.4 is 10.5 Å². The molecule has 1 aliphatic rings. The molecule has 0 bridgehead atoms. The zero-order valence-electron chi connectivity index (χ0n) is 10.1. The number of ether oxygens (including phenoxy) is 1. The lowest BCUT2D eigenvalue weighted by Gasteiger charge is -2.15. The Balaban J connectivity index is 1.76. The summed E-state index contributed by atoms with van der Waals surface area (Å²) in [5.74, 6) is 0.921. The van der Waals surface area contributed by atoms with E-state index < -0.39 is 0 Å². The van der Waals surface area contributed by atoms with Crippen molar-refractivity contribution >= 4 is 5.84 Å². The third-order valence-corrected chi connectivity index (χ3v) is 3.05. The highest BCUT2D eigenvalue weighted by molar-refractivity contribution is 5.94. The number of rotatable bonds is 6. The molecule has 0 aromatic heterocycles. The number of benzene rings is 1. The van der Waals surface area contributed by atoms with Crippen molar-refractivity contribution in [1.82, 2.24) is 4.90 Å². The largest absolute Gasteiger partial charge is 0.492 e. The molecule has 1 fully saturated rings. The first kappa shape index (κ1) is 11.9. The predicted octanol–water partition coefficient (Wildman–Crippen LogP) is 1.44. The minimum atomic E-state index is 0.0880. The number of nitrogens with one attached hydrogen (secondary N) is 1. The molecule has 0 spiro atoms. The Bertz CT molecular complexity index is 384. The summed E-state index contributed by atoms with van der Waals surface area (Å²) in [6, 6.07) is 8.10. The van der Waals surface area contributed by atoms with Gasteiger partial charge in [0.15, 0.2) is 0 Å². The molecular weight excluding hydrogens is 214 g/mol. The molecule has 0 heterocycles. The lowest BCUT2D eigenvalue weighted by molar-refractivity contribution is 0.232. The standard InChI is InChI=1S/C13H19N3O/c1-16(11-4-5-11)8-9-17-12-6-2-10(3-7-12)13(14)15/h2-3,6-7,11H,4-5,8-9H2,1H3,(H3,14,15). The summed E-state index contributed by atoms with van der Waals surface area (Å²) < 4.78 is 5.64. The van der Waals surface area contributed by atoms with Crippen LogP contribution in [0.5, 0.6) is 5.75 Å². The quantitative estimate of drug-likeness (QED) is 0.577. The molecule has 1 aliphatic carbocycles. The topological polar surface area (TPSA) is 62.3 Å². The maximum absolute atomic E-state index is 7.28. The van der Waals surface area contributed by atoms with Gasteiger partial charge in [-0.05, 0) is 44.2 Å². The van der Waals surface area contributed by atoms with Gasteiger partial charge in [0.1, 0.15) is 18.2 Å². The van der Waals surface area contributed by atoms with Crippen LogP contribution in [0.3, 0.4) is 0 Å². The first-order valence-electron chi connectivity index (χ1n) is 5.94. The summed E-state index contributed by atoms with van der Waals surface area (Å²) in [6.45, 7) is 1.66. The maximum atomic E-state index is 7.28. The van der Waals surface area contributed by atoms with Crippen LogP contribution in [-0.2, 0) is 0 Å². The van der Waals surface area contributed by atoms with Gasteiger partial charge >= 0.3 is 0 Å². The van der Waals surface area contributed by atoms with E-state index in [2.05, 4.69) is 11.9 Å². The molecule has 0 unspecified atom stereocenters. The molecule has 0 atom stereocenters. The van der Waals surface area contributed by atoms with E-state index in [1.54, 1.807) is 0 Å². The Kier molecular flexibility index (Phi) is 3.64. The van der Waals surface area contributed by atoms with Crippen LogP contribution in [-0.4, -0.2) is 37.0 Å². The molecule has 17 heavy (non-hydrogen) atoms. The highest BCUT2D eigenvalue weighted by atomic mass is 16.5. The van der Waals surface area contributed by atoms with Crippen LogP contribution in [0.4, 0.5) is 0 Å². The lowest BCUT2D eigenvalue weighted by atomic mass is 10.2. The van der Waals surface area contributed by atoms with Crippen molar-refractivity contribution in [3.05, 3.63) is 29.8 Å². The van der Waals surface area contributed by atoms with E-state index in [1.165, 1.54) is 12.8 Å². The molecule has 0 amide bonds. The summed E-state index contributed by atoms with van der Waals surface area (Å²) in [5, 5.41) is 7.28. The van der Waals surface area contributed by atoms with E-state index in [0.29, 0.717) is 6.61 Å². The molecule has 92 valence electrons. The Labute approximate surface area is 102 Å². The number of nitrogen functional groups attached to an aromatic ring is 1. The summed E-state index contributed by atoms with van der Waals surface area (Å²) in [4.78, 5) is 2.34. The van der Waals surface area contributed by atoms with Crippen molar-refractivity contribution in [2.24, 2.45) is 5.73 Å². The van der Waals surface area contributed by atoms with Crippen LogP contribution in [0.2, 0.25) is 0 Å². The minimum absolute atomic E-state index is 0.0880. The van der Waals surface area contributed by atoms with E-state index in [4.69, 9.17) is 15.9 Å². The Morgan fingerprint density at radius 1 is 1.41 bits per heavy atom. The summed E-state index contributed by atoms with van der Waals surface area (Å²) in [5.41, 5.74) is 6.11. The number of amidine groups is 1. The lowest BCUT2D eigenvalue weighted by Crippen LogP contribution is -2.26. The molecule has 0 aliphatic heterocycles. The van der Waals surface area contributed by atoms with Gasteiger partial charge in [0, 0.05) is 18.2 Å². The first-order valence-corrected chi connectivity index (χ1v) is 5.94. The second-order valence-electron chi connectivity index (χ2n) is 4.50. The van der Waals surface area contributed by atoms with Crippen molar-refractivity contribution in [3.8, 4) is 5.75 Å². The maximum Gasteiger partial charge on any atom is 0.122 e. The van der Waals surface area contributed by atoms with Crippen LogP contribution in [0.1, 0.15) is 18.4 Å². The molecule has 2 rings (SSSR count). The van der Waals surface area contributed by atoms with Gasteiger partial charge in [0.05, 0.1) is 0 Å². The Hall–Kier alpha value is -1.55. The van der Waals surface area contributed by atoms with Crippen molar-refractivity contribution in [2.75, 3.05) is 20.2 Å². The molecule has 4 nitrogen and oxygen atoms in total. The molecule has 0 radical (unpaired) electrons. The first-order chi connectivity index (χ1) is 8.16. The third-order valence-electron chi connectivity index (χ3n) is 3.05. The molecule has 1 aromatic carbocycles. The normalized spacial score (nSPS) is 14.9. The fraction of sp³-hybridized carbons (Fsp3) is 0.462. The average molecular weight is 233 g/mol. The fourth-order valence-electron chi connectivity index (χ4n) is 1.74. The number of hydrogen-bond acceptors (Lipinski definition) is 3. The predicted molar refractivity (Wildman–Crippen MR) is 68.6 cm³/mol. The van der Waals surface area contributed by atoms with E-state index in [0.717, 1.165) is 23.9 Å². The summed E-state index contributed by atoms with van der Waals surface area (Å²) in [6.07, 6.45) is 2.65. The Morgan fingerprint density at radius 2 is 2.06 bits per heavy atom. The molecule has 1 saturated carbocycles. The van der Waals surface area contributed by atoms with Gasteiger partial charge in [-0.3, -0.25) is 5.41 Å². The van der Waals surface area contributed by atoms with Crippen molar-refractivity contribution in [3.63, 3.8) is 0 Å². The summed E-state index contributed by atoms with van der Waals surface area (Å²) >= 11 is 0. The van der Waals surface area contributed by atoms with Crippen molar-refractivity contribution in [2.45, 2.75) is 18.9 Å². The second-order valence-corrected chi connectivity index (χ2v) is 4.50. The SMILES string of the molecule is CN(CCOc1ccc(C(=N)N)cc1)C1CC1. The monoisotopic (exact) mass is 233 g/mol. The number of likely N-dealkylation sites (N-methyl/N-ethyl adjacent to an activating group) is 1. The van der Waals surface area contributed by atoms with Gasteiger partial charge in [-0.1, -0.05) is 0 Å². The molecule has 1 aromatic rings. The smallest absolute Gasteiger partial charge is 0.122 e. The second kappa shape index (κ2) is 5.19. The van der Waals surface area contributed by atoms with E-state index >= 15 is 0 Å². The zero-order valence-corrected chi connectivity index (χ0v) is 10.1. The molecule has 3 N–H and O–H groups in total. The highest BCUT2D eigenvalue weighted by Gasteiger charge is 2.25. The van der Waals surface area contributed by atoms with Gasteiger partial charge in [-0.2, -0.15) is 0 Å². The van der Waals surface area contributed by atoms with Crippen LogP contribution >= 0.6 is 0 Å². The van der Waals surface area contributed by atoms with Crippen LogP contribution in [0, 0.1) is 5.41 Å². The number of nitrogens with two attached hydrogens (primary N) is 1. The van der Waals surface area contributed by atoms with Gasteiger partial charge in [-0.25, -0.2) is 0 Å². The van der Waals surface area contributed by atoms with Gasteiger partial charge in [0.2, 0.25) is 0 Å². The van der Waals surface area contributed by atoms with Gasteiger partial charge < -0.3 is 15.4 Å². The minimum Gasteiger partial charge on any atom is -0.492 e.